The van der Waals surface area contributed by atoms with Gasteiger partial charge in [-0.1, -0.05) is 19.6 Å². The van der Waals surface area contributed by atoms with E-state index in [4.69, 9.17) is 0 Å². The fourth-order valence-corrected chi connectivity index (χ4v) is 4.92. The van der Waals surface area contributed by atoms with E-state index in [0.29, 0.717) is 0 Å². The number of carboxylic acid groups (broad SMARTS) is 1. The van der Waals surface area contributed by atoms with Crippen LogP contribution >= 0.6 is 0 Å². The van der Waals surface area contributed by atoms with Crippen molar-refractivity contribution in [3.63, 3.8) is 0 Å². The zero-order chi connectivity index (χ0) is 10.8. The highest BCUT2D eigenvalue weighted by Crippen LogP contribution is 2.37. The Morgan fingerprint density at radius 3 is 2.21 bits per heavy atom. The number of nitrogens with one attached hydrogen (secondary N) is 1. The van der Waals surface area contributed by atoms with Gasteiger partial charge in [0.25, 0.3) is 0 Å². The molecule has 0 aromatic carbocycles. The summed E-state index contributed by atoms with van der Waals surface area (Å²) in [7, 11) is -1.29. The third-order valence-corrected chi connectivity index (χ3v) is 4.62. The van der Waals surface area contributed by atoms with Crippen LogP contribution in [0.1, 0.15) is 12.8 Å². The smallest absolute Gasteiger partial charge is 0.309 e. The molecule has 1 fully saturated rings. The fourth-order valence-electron chi connectivity index (χ4n) is 2.39. The molecule has 0 aromatic heterocycles. The number of piperidine rings is 1. The SMILES string of the molecule is C[Si](C)(C)CC1(C(=O)O)CCNCC1. The Bertz CT molecular complexity index is 217. The summed E-state index contributed by atoms with van der Waals surface area (Å²) >= 11 is 0. The van der Waals surface area contributed by atoms with Crippen molar-refractivity contribution in [1.29, 1.82) is 0 Å². The minimum Gasteiger partial charge on any atom is -0.481 e. The molecule has 0 atom stereocenters. The standard InChI is InChI=1S/C10H21NO2Si/c1-14(2,3)8-10(9(12)13)4-6-11-7-5-10/h11H,4-8H2,1-3H3,(H,12,13). The summed E-state index contributed by atoms with van der Waals surface area (Å²) in [6.07, 6.45) is 1.60. The van der Waals surface area contributed by atoms with Crippen LogP contribution in [0.15, 0.2) is 0 Å². The molecule has 1 aliphatic heterocycles. The Hall–Kier alpha value is -0.353. The van der Waals surface area contributed by atoms with Gasteiger partial charge >= 0.3 is 5.97 Å². The third kappa shape index (κ3) is 2.82. The summed E-state index contributed by atoms with van der Waals surface area (Å²) in [5.41, 5.74) is -0.421. The van der Waals surface area contributed by atoms with Gasteiger partial charge in [-0.25, -0.2) is 0 Å². The van der Waals surface area contributed by atoms with Crippen molar-refractivity contribution in [1.82, 2.24) is 5.32 Å². The van der Waals surface area contributed by atoms with Gasteiger partial charge in [0.15, 0.2) is 0 Å². The first-order chi connectivity index (χ1) is 6.36. The van der Waals surface area contributed by atoms with E-state index in [2.05, 4.69) is 25.0 Å². The predicted molar refractivity (Wildman–Crippen MR) is 60.3 cm³/mol. The molecule has 0 bridgehead atoms. The highest BCUT2D eigenvalue weighted by Gasteiger charge is 2.42. The molecule has 0 saturated carbocycles. The molecule has 0 aromatic rings. The van der Waals surface area contributed by atoms with Crippen LogP contribution in [0.5, 0.6) is 0 Å². The summed E-state index contributed by atoms with van der Waals surface area (Å²) in [5, 5.41) is 12.6. The van der Waals surface area contributed by atoms with Crippen molar-refractivity contribution in [3.05, 3.63) is 0 Å². The monoisotopic (exact) mass is 215 g/mol. The fraction of sp³-hybridized carbons (Fsp3) is 0.900. The van der Waals surface area contributed by atoms with Crippen molar-refractivity contribution >= 4 is 14.0 Å². The Labute approximate surface area is 86.9 Å². The van der Waals surface area contributed by atoms with Gasteiger partial charge in [-0.3, -0.25) is 4.79 Å². The van der Waals surface area contributed by atoms with Crippen molar-refractivity contribution in [2.45, 2.75) is 38.5 Å². The number of rotatable bonds is 3. The molecule has 82 valence electrons. The predicted octanol–water partition coefficient (Wildman–Crippen LogP) is 1.78. The lowest BCUT2D eigenvalue weighted by Crippen LogP contribution is -2.46. The molecule has 3 nitrogen and oxygen atoms in total. The molecule has 0 unspecified atom stereocenters. The number of aliphatic carboxylic acids is 1. The number of carbonyl (C=O) groups is 1. The second kappa shape index (κ2) is 4.02. The van der Waals surface area contributed by atoms with Crippen LogP contribution in [-0.4, -0.2) is 32.2 Å². The molecule has 0 radical (unpaired) electrons. The van der Waals surface area contributed by atoms with Crippen LogP contribution in [0.4, 0.5) is 0 Å². The molecule has 1 heterocycles. The molecule has 1 aliphatic rings. The van der Waals surface area contributed by atoms with Gasteiger partial charge in [0, 0.05) is 8.07 Å². The summed E-state index contributed by atoms with van der Waals surface area (Å²) in [4.78, 5) is 11.3. The van der Waals surface area contributed by atoms with Gasteiger partial charge in [-0.2, -0.15) is 0 Å². The maximum absolute atomic E-state index is 11.3. The van der Waals surface area contributed by atoms with Gasteiger partial charge in [0.1, 0.15) is 0 Å². The van der Waals surface area contributed by atoms with E-state index in [0.717, 1.165) is 32.0 Å². The number of hydrogen-bond donors (Lipinski definition) is 2. The van der Waals surface area contributed by atoms with E-state index < -0.39 is 19.5 Å². The van der Waals surface area contributed by atoms with E-state index in [1.807, 2.05) is 0 Å². The van der Waals surface area contributed by atoms with Crippen molar-refractivity contribution in [2.75, 3.05) is 13.1 Å². The number of hydrogen-bond acceptors (Lipinski definition) is 2. The molecule has 1 saturated heterocycles. The Morgan fingerprint density at radius 2 is 1.86 bits per heavy atom. The van der Waals surface area contributed by atoms with Crippen LogP contribution < -0.4 is 5.32 Å². The Kier molecular flexibility index (Phi) is 3.37. The van der Waals surface area contributed by atoms with Gasteiger partial charge in [0.2, 0.25) is 0 Å². The maximum atomic E-state index is 11.3. The van der Waals surface area contributed by atoms with Crippen LogP contribution in [0.25, 0.3) is 0 Å². The average molecular weight is 215 g/mol. The molecule has 0 amide bonds. The first-order valence-electron chi connectivity index (χ1n) is 5.30. The van der Waals surface area contributed by atoms with Crippen LogP contribution in [-0.2, 0) is 4.79 Å². The van der Waals surface area contributed by atoms with E-state index in [-0.39, 0.29) is 0 Å². The summed E-state index contributed by atoms with van der Waals surface area (Å²) in [6, 6.07) is 0.914. The van der Waals surface area contributed by atoms with Gasteiger partial charge in [-0.15, -0.1) is 0 Å². The quantitative estimate of drug-likeness (QED) is 0.706. The van der Waals surface area contributed by atoms with Crippen molar-refractivity contribution in [2.24, 2.45) is 5.41 Å². The van der Waals surface area contributed by atoms with Crippen molar-refractivity contribution in [3.8, 4) is 0 Å². The maximum Gasteiger partial charge on any atom is 0.309 e. The van der Waals surface area contributed by atoms with Crippen molar-refractivity contribution < 1.29 is 9.90 Å². The summed E-state index contributed by atoms with van der Waals surface area (Å²) in [5.74, 6) is -0.582. The highest BCUT2D eigenvalue weighted by atomic mass is 28.3. The van der Waals surface area contributed by atoms with Gasteiger partial charge < -0.3 is 10.4 Å². The minimum absolute atomic E-state index is 0.421. The normalized spacial score (nSPS) is 21.9. The molecular formula is C10H21NO2Si. The molecular weight excluding hydrogens is 194 g/mol. The zero-order valence-electron chi connectivity index (χ0n) is 9.39. The molecule has 0 aliphatic carbocycles. The summed E-state index contributed by atoms with van der Waals surface area (Å²) in [6.45, 7) is 8.47. The van der Waals surface area contributed by atoms with Gasteiger partial charge in [-0.05, 0) is 32.0 Å². The lowest BCUT2D eigenvalue weighted by Gasteiger charge is -2.37. The third-order valence-electron chi connectivity index (χ3n) is 2.88. The van der Waals surface area contributed by atoms with E-state index in [9.17, 15) is 9.90 Å². The Morgan fingerprint density at radius 1 is 1.36 bits per heavy atom. The highest BCUT2D eigenvalue weighted by molar-refractivity contribution is 6.76. The molecule has 0 spiro atoms. The molecule has 2 N–H and O–H groups in total. The lowest BCUT2D eigenvalue weighted by atomic mass is 9.81. The van der Waals surface area contributed by atoms with Crippen LogP contribution in [0, 0.1) is 5.41 Å². The van der Waals surface area contributed by atoms with Crippen LogP contribution in [0.2, 0.25) is 25.7 Å². The van der Waals surface area contributed by atoms with E-state index >= 15 is 0 Å². The average Bonchev–Trinajstić information content (AvgIpc) is 2.02. The number of carboxylic acids is 1. The second-order valence-electron chi connectivity index (χ2n) is 5.57. The molecule has 14 heavy (non-hydrogen) atoms. The lowest BCUT2D eigenvalue weighted by molar-refractivity contribution is -0.149. The molecule has 4 heteroatoms. The van der Waals surface area contributed by atoms with E-state index in [1.54, 1.807) is 0 Å². The zero-order valence-corrected chi connectivity index (χ0v) is 10.4. The second-order valence-corrected chi connectivity index (χ2v) is 11.0. The van der Waals surface area contributed by atoms with E-state index in [1.165, 1.54) is 0 Å². The first-order valence-corrected chi connectivity index (χ1v) is 9.01. The van der Waals surface area contributed by atoms with Gasteiger partial charge in [0.05, 0.1) is 5.41 Å². The summed E-state index contributed by atoms with van der Waals surface area (Å²) < 4.78 is 0. The molecule has 1 rings (SSSR count). The largest absolute Gasteiger partial charge is 0.481 e. The topological polar surface area (TPSA) is 49.3 Å². The Balaban J connectivity index is 2.76. The minimum atomic E-state index is -1.29. The first kappa shape index (κ1) is 11.7. The van der Waals surface area contributed by atoms with Crippen LogP contribution in [0.3, 0.4) is 0 Å².